The summed E-state index contributed by atoms with van der Waals surface area (Å²) in [4.78, 5) is 24.1. The zero-order chi connectivity index (χ0) is 19.0. The number of aryl methyl sites for hydroxylation is 1. The standard InChI is InChI=1S/C21H22N2O3/c1-3-16-10-7-11-18(14-16)23-19(24)15-22-20(25)21(2,26)13-12-17-8-5-4-6-9-17/h1,4-11,14,26H,12-13,15H2,2H3,(H,22,25)(H,23,24)/t21-/m1/s1. The van der Waals surface area contributed by atoms with Gasteiger partial charge in [-0.15, -0.1) is 6.42 Å². The number of nitrogens with one attached hydrogen (secondary N) is 2. The molecule has 0 unspecified atom stereocenters. The highest BCUT2D eigenvalue weighted by Crippen LogP contribution is 2.14. The van der Waals surface area contributed by atoms with Crippen LogP contribution in [0.1, 0.15) is 24.5 Å². The topological polar surface area (TPSA) is 78.4 Å². The van der Waals surface area contributed by atoms with Crippen LogP contribution in [0.15, 0.2) is 54.6 Å². The number of terminal acetylenes is 1. The summed E-state index contributed by atoms with van der Waals surface area (Å²) in [5.74, 6) is 1.50. The van der Waals surface area contributed by atoms with E-state index in [2.05, 4.69) is 16.6 Å². The molecule has 0 saturated heterocycles. The molecule has 0 bridgehead atoms. The first-order valence-corrected chi connectivity index (χ1v) is 8.32. The van der Waals surface area contributed by atoms with E-state index >= 15 is 0 Å². The molecular formula is C21H22N2O3. The summed E-state index contributed by atoms with van der Waals surface area (Å²) < 4.78 is 0. The second-order valence-corrected chi connectivity index (χ2v) is 6.22. The number of carbonyl (C=O) groups excluding carboxylic acids is 2. The highest BCUT2D eigenvalue weighted by molar-refractivity contribution is 5.95. The fourth-order valence-electron chi connectivity index (χ4n) is 2.39. The average molecular weight is 350 g/mol. The van der Waals surface area contributed by atoms with Crippen LogP contribution in [0, 0.1) is 12.3 Å². The summed E-state index contributed by atoms with van der Waals surface area (Å²) >= 11 is 0. The second-order valence-electron chi connectivity index (χ2n) is 6.22. The molecule has 3 N–H and O–H groups in total. The van der Waals surface area contributed by atoms with E-state index in [1.807, 2.05) is 30.3 Å². The van der Waals surface area contributed by atoms with E-state index in [1.54, 1.807) is 24.3 Å². The zero-order valence-corrected chi connectivity index (χ0v) is 14.7. The maximum absolute atomic E-state index is 12.2. The van der Waals surface area contributed by atoms with Crippen molar-refractivity contribution in [1.29, 1.82) is 0 Å². The van der Waals surface area contributed by atoms with Crippen LogP contribution in [0.25, 0.3) is 0 Å². The van der Waals surface area contributed by atoms with Crippen LogP contribution in [-0.4, -0.2) is 29.1 Å². The maximum Gasteiger partial charge on any atom is 0.252 e. The van der Waals surface area contributed by atoms with Gasteiger partial charge in [0.05, 0.1) is 6.54 Å². The van der Waals surface area contributed by atoms with Crippen molar-refractivity contribution in [2.45, 2.75) is 25.4 Å². The Morgan fingerprint density at radius 3 is 2.58 bits per heavy atom. The largest absolute Gasteiger partial charge is 0.380 e. The molecule has 0 aliphatic carbocycles. The Balaban J connectivity index is 1.82. The van der Waals surface area contributed by atoms with Crippen molar-refractivity contribution in [3.8, 4) is 12.3 Å². The van der Waals surface area contributed by atoms with Crippen molar-refractivity contribution < 1.29 is 14.7 Å². The smallest absolute Gasteiger partial charge is 0.252 e. The highest BCUT2D eigenvalue weighted by atomic mass is 16.3. The fraction of sp³-hybridized carbons (Fsp3) is 0.238. The number of aliphatic hydroxyl groups is 1. The van der Waals surface area contributed by atoms with E-state index in [4.69, 9.17) is 6.42 Å². The molecule has 5 heteroatoms. The van der Waals surface area contributed by atoms with Gasteiger partial charge in [-0.3, -0.25) is 9.59 Å². The lowest BCUT2D eigenvalue weighted by atomic mass is 9.96. The molecule has 0 radical (unpaired) electrons. The van der Waals surface area contributed by atoms with E-state index in [0.717, 1.165) is 5.56 Å². The predicted octanol–water partition coefficient (Wildman–Crippen LogP) is 2.11. The van der Waals surface area contributed by atoms with Crippen LogP contribution in [0.4, 0.5) is 5.69 Å². The van der Waals surface area contributed by atoms with Crippen LogP contribution in [0.3, 0.4) is 0 Å². The lowest BCUT2D eigenvalue weighted by molar-refractivity contribution is -0.139. The summed E-state index contributed by atoms with van der Waals surface area (Å²) in [7, 11) is 0. The monoisotopic (exact) mass is 350 g/mol. The SMILES string of the molecule is C#Cc1cccc(NC(=O)CNC(=O)[C@](C)(O)CCc2ccccc2)c1. The minimum absolute atomic E-state index is 0.236. The first kappa shape index (κ1) is 19.2. The maximum atomic E-state index is 12.2. The molecule has 0 aliphatic rings. The number of benzene rings is 2. The fourth-order valence-corrected chi connectivity index (χ4v) is 2.39. The third-order valence-corrected chi connectivity index (χ3v) is 3.95. The normalized spacial score (nSPS) is 12.5. The summed E-state index contributed by atoms with van der Waals surface area (Å²) in [6, 6.07) is 16.4. The second kappa shape index (κ2) is 8.84. The molecule has 0 heterocycles. The van der Waals surface area contributed by atoms with Gasteiger partial charge in [-0.25, -0.2) is 0 Å². The van der Waals surface area contributed by atoms with Crippen molar-refractivity contribution in [1.82, 2.24) is 5.32 Å². The first-order chi connectivity index (χ1) is 12.4. The molecule has 0 aliphatic heterocycles. The van der Waals surface area contributed by atoms with Gasteiger partial charge in [0.1, 0.15) is 5.60 Å². The summed E-state index contributed by atoms with van der Waals surface area (Å²) in [6.45, 7) is 1.21. The molecule has 2 aromatic rings. The van der Waals surface area contributed by atoms with Crippen molar-refractivity contribution in [3.05, 3.63) is 65.7 Å². The van der Waals surface area contributed by atoms with Gasteiger partial charge < -0.3 is 15.7 Å². The van der Waals surface area contributed by atoms with Gasteiger partial charge in [0.2, 0.25) is 5.91 Å². The molecule has 1 atom stereocenters. The Bertz CT molecular complexity index is 808. The predicted molar refractivity (Wildman–Crippen MR) is 101 cm³/mol. The van der Waals surface area contributed by atoms with Crippen molar-refractivity contribution in [3.63, 3.8) is 0 Å². The third-order valence-electron chi connectivity index (χ3n) is 3.95. The quantitative estimate of drug-likeness (QED) is 0.669. The minimum atomic E-state index is -1.56. The Hall–Kier alpha value is -3.10. The summed E-state index contributed by atoms with van der Waals surface area (Å²) in [5, 5.41) is 15.5. The van der Waals surface area contributed by atoms with E-state index in [9.17, 15) is 14.7 Å². The number of rotatable bonds is 7. The van der Waals surface area contributed by atoms with Gasteiger partial charge in [-0.05, 0) is 43.5 Å². The zero-order valence-electron chi connectivity index (χ0n) is 14.7. The molecule has 134 valence electrons. The van der Waals surface area contributed by atoms with Crippen LogP contribution in [-0.2, 0) is 16.0 Å². The van der Waals surface area contributed by atoms with Gasteiger partial charge in [0.25, 0.3) is 5.91 Å². The average Bonchev–Trinajstić information content (AvgIpc) is 2.65. The molecule has 2 aromatic carbocycles. The number of amides is 2. The van der Waals surface area contributed by atoms with Gasteiger partial charge in [-0.1, -0.05) is 42.3 Å². The van der Waals surface area contributed by atoms with Gasteiger partial charge in [0.15, 0.2) is 0 Å². The number of anilines is 1. The van der Waals surface area contributed by atoms with Crippen molar-refractivity contribution >= 4 is 17.5 Å². The summed E-state index contributed by atoms with van der Waals surface area (Å²) in [5.41, 5.74) is 0.678. The lowest BCUT2D eigenvalue weighted by Crippen LogP contribution is -2.47. The van der Waals surface area contributed by atoms with Crippen LogP contribution < -0.4 is 10.6 Å². The molecule has 2 amide bonds. The minimum Gasteiger partial charge on any atom is -0.380 e. The van der Waals surface area contributed by atoms with E-state index < -0.39 is 17.4 Å². The molecule has 0 aromatic heterocycles. The van der Waals surface area contributed by atoms with Gasteiger partial charge in [-0.2, -0.15) is 0 Å². The Morgan fingerprint density at radius 2 is 1.88 bits per heavy atom. The summed E-state index contributed by atoms with van der Waals surface area (Å²) in [6.07, 6.45) is 6.14. The number of carbonyl (C=O) groups is 2. The molecule has 26 heavy (non-hydrogen) atoms. The molecule has 5 nitrogen and oxygen atoms in total. The van der Waals surface area contributed by atoms with Crippen LogP contribution in [0.5, 0.6) is 0 Å². The van der Waals surface area contributed by atoms with Crippen LogP contribution >= 0.6 is 0 Å². The Kier molecular flexibility index (Phi) is 6.54. The van der Waals surface area contributed by atoms with E-state index in [-0.39, 0.29) is 13.0 Å². The number of hydrogen-bond acceptors (Lipinski definition) is 3. The van der Waals surface area contributed by atoms with Crippen molar-refractivity contribution in [2.24, 2.45) is 0 Å². The van der Waals surface area contributed by atoms with E-state index in [0.29, 0.717) is 17.7 Å². The lowest BCUT2D eigenvalue weighted by Gasteiger charge is -2.22. The van der Waals surface area contributed by atoms with Crippen molar-refractivity contribution in [2.75, 3.05) is 11.9 Å². The molecule has 0 saturated carbocycles. The third kappa shape index (κ3) is 5.76. The van der Waals surface area contributed by atoms with E-state index in [1.165, 1.54) is 6.92 Å². The Labute approximate surface area is 153 Å². The number of hydrogen-bond donors (Lipinski definition) is 3. The Morgan fingerprint density at radius 1 is 1.15 bits per heavy atom. The molecule has 0 fully saturated rings. The molecule has 2 rings (SSSR count). The van der Waals surface area contributed by atoms with Crippen LogP contribution in [0.2, 0.25) is 0 Å². The molecular weight excluding hydrogens is 328 g/mol. The first-order valence-electron chi connectivity index (χ1n) is 8.32. The highest BCUT2D eigenvalue weighted by Gasteiger charge is 2.29. The molecule has 0 spiro atoms. The van der Waals surface area contributed by atoms with Gasteiger partial charge in [0, 0.05) is 11.3 Å². The van der Waals surface area contributed by atoms with Gasteiger partial charge >= 0.3 is 0 Å².